The normalized spacial score (nSPS) is 17.0. The monoisotopic (exact) mass is 510 g/mol. The van der Waals surface area contributed by atoms with E-state index in [0.717, 1.165) is 59.4 Å². The maximum absolute atomic E-state index is 12.5. The van der Waals surface area contributed by atoms with Crippen molar-refractivity contribution in [3.63, 3.8) is 0 Å². The van der Waals surface area contributed by atoms with Gasteiger partial charge in [0.15, 0.2) is 6.23 Å². The van der Waals surface area contributed by atoms with Crippen molar-refractivity contribution < 1.29 is 19.0 Å². The molecule has 37 heavy (non-hydrogen) atoms. The third-order valence-electron chi connectivity index (χ3n) is 6.47. The number of carbonyl (C=O) groups excluding carboxylic acids is 1. The molecule has 1 aliphatic rings. The van der Waals surface area contributed by atoms with E-state index in [-0.39, 0.29) is 18.9 Å². The van der Waals surface area contributed by atoms with Crippen LogP contribution in [-0.4, -0.2) is 67.4 Å². The first-order valence-electron chi connectivity index (χ1n) is 12.7. The van der Waals surface area contributed by atoms with E-state index in [9.17, 15) is 4.79 Å². The number of pyridine rings is 1. The van der Waals surface area contributed by atoms with Crippen LogP contribution in [0.1, 0.15) is 64.6 Å². The fourth-order valence-corrected chi connectivity index (χ4v) is 4.41. The van der Waals surface area contributed by atoms with Crippen molar-refractivity contribution in [2.75, 3.05) is 20.3 Å². The number of ether oxygens (including phenoxy) is 3. The summed E-state index contributed by atoms with van der Waals surface area (Å²) < 4.78 is 21.3. The lowest BCUT2D eigenvalue weighted by atomic mass is 10.1. The molecule has 3 aromatic heterocycles. The SMILES string of the molecule is C=Cc1nn(C2CCCCO2)c2cnc(-c3c(C)nn(C)c3OC[C@@H](C)N(C)C(=O)OC(C)(C)C)cc12. The van der Waals surface area contributed by atoms with Crippen molar-refractivity contribution in [1.29, 1.82) is 0 Å². The number of likely N-dealkylation sites (N-methyl/N-ethyl adjacent to an activating group) is 1. The smallest absolute Gasteiger partial charge is 0.410 e. The zero-order chi connectivity index (χ0) is 26.9. The van der Waals surface area contributed by atoms with Gasteiger partial charge in [0.1, 0.15) is 12.2 Å². The molecule has 0 bridgehead atoms. The Bertz CT molecular complexity index is 1280. The van der Waals surface area contributed by atoms with Crippen LogP contribution in [-0.2, 0) is 16.5 Å². The average molecular weight is 511 g/mol. The Balaban J connectivity index is 1.61. The molecule has 0 spiro atoms. The number of aromatic nitrogens is 5. The molecule has 4 heterocycles. The number of nitrogens with zero attached hydrogens (tertiary/aromatic N) is 6. The molecule has 1 aliphatic heterocycles. The van der Waals surface area contributed by atoms with Gasteiger partial charge in [-0.1, -0.05) is 6.58 Å². The molecule has 1 amide bonds. The number of hydrogen-bond donors (Lipinski definition) is 0. The van der Waals surface area contributed by atoms with Crippen LogP contribution in [0.2, 0.25) is 0 Å². The third kappa shape index (κ3) is 5.64. The second kappa shape index (κ2) is 10.5. The van der Waals surface area contributed by atoms with Crippen molar-refractivity contribution >= 4 is 23.1 Å². The molecule has 3 aromatic rings. The molecule has 0 saturated carbocycles. The van der Waals surface area contributed by atoms with E-state index in [1.165, 1.54) is 4.90 Å². The van der Waals surface area contributed by atoms with E-state index in [4.69, 9.17) is 24.3 Å². The molecule has 0 aliphatic carbocycles. The molecule has 0 aromatic carbocycles. The molecule has 0 N–H and O–H groups in total. The summed E-state index contributed by atoms with van der Waals surface area (Å²) in [6.07, 6.45) is 6.20. The predicted molar refractivity (Wildman–Crippen MR) is 142 cm³/mol. The van der Waals surface area contributed by atoms with Crippen molar-refractivity contribution in [3.8, 4) is 17.1 Å². The Morgan fingerprint density at radius 3 is 2.76 bits per heavy atom. The molecule has 4 rings (SSSR count). The summed E-state index contributed by atoms with van der Waals surface area (Å²) in [5.41, 5.74) is 3.44. The van der Waals surface area contributed by atoms with Gasteiger partial charge < -0.3 is 19.1 Å². The highest BCUT2D eigenvalue weighted by Crippen LogP contribution is 2.35. The maximum Gasteiger partial charge on any atom is 0.410 e. The van der Waals surface area contributed by atoms with Crippen LogP contribution in [0.3, 0.4) is 0 Å². The molecule has 1 unspecified atom stereocenters. The highest BCUT2D eigenvalue weighted by Gasteiger charge is 2.26. The Labute approximate surface area is 218 Å². The molecule has 1 fully saturated rings. The zero-order valence-electron chi connectivity index (χ0n) is 22.9. The lowest BCUT2D eigenvalue weighted by Crippen LogP contribution is -2.42. The summed E-state index contributed by atoms with van der Waals surface area (Å²) in [4.78, 5) is 18.8. The molecule has 0 radical (unpaired) electrons. The quantitative estimate of drug-likeness (QED) is 0.435. The second-order valence-electron chi connectivity index (χ2n) is 10.6. The van der Waals surface area contributed by atoms with Crippen LogP contribution >= 0.6 is 0 Å². The van der Waals surface area contributed by atoms with Crippen LogP contribution in [0.25, 0.3) is 28.2 Å². The van der Waals surface area contributed by atoms with Crippen molar-refractivity contribution in [2.45, 2.75) is 71.8 Å². The highest BCUT2D eigenvalue weighted by atomic mass is 16.6. The Morgan fingerprint density at radius 2 is 2.11 bits per heavy atom. The lowest BCUT2D eigenvalue weighted by molar-refractivity contribution is -0.0367. The van der Waals surface area contributed by atoms with Crippen molar-refractivity contribution in [3.05, 3.63) is 30.2 Å². The summed E-state index contributed by atoms with van der Waals surface area (Å²) in [7, 11) is 3.54. The van der Waals surface area contributed by atoms with Crippen molar-refractivity contribution in [1.82, 2.24) is 29.4 Å². The predicted octanol–water partition coefficient (Wildman–Crippen LogP) is 5.12. The topological polar surface area (TPSA) is 96.5 Å². The van der Waals surface area contributed by atoms with Gasteiger partial charge in [-0.3, -0.25) is 4.98 Å². The second-order valence-corrected chi connectivity index (χ2v) is 10.6. The minimum atomic E-state index is -0.566. The number of aryl methyl sites for hydroxylation is 2. The molecule has 200 valence electrons. The maximum atomic E-state index is 12.5. The first-order chi connectivity index (χ1) is 17.5. The minimum Gasteiger partial charge on any atom is -0.475 e. The van der Waals surface area contributed by atoms with E-state index >= 15 is 0 Å². The molecule has 10 heteroatoms. The third-order valence-corrected chi connectivity index (χ3v) is 6.47. The highest BCUT2D eigenvalue weighted by molar-refractivity contribution is 5.90. The summed E-state index contributed by atoms with van der Waals surface area (Å²) in [5.74, 6) is 0.581. The lowest BCUT2D eigenvalue weighted by Gasteiger charge is -2.28. The zero-order valence-corrected chi connectivity index (χ0v) is 22.9. The van der Waals surface area contributed by atoms with Gasteiger partial charge in [0, 0.05) is 26.1 Å². The summed E-state index contributed by atoms with van der Waals surface area (Å²) >= 11 is 0. The molecule has 2 atom stereocenters. The minimum absolute atomic E-state index is 0.0972. The molecular formula is C27H38N6O4. The Hall–Kier alpha value is -3.40. The van der Waals surface area contributed by atoms with Crippen LogP contribution in [0.4, 0.5) is 4.79 Å². The number of fused-ring (bicyclic) bond motifs is 1. The fraction of sp³-hybridized carbons (Fsp3) is 0.556. The number of carbonyl (C=O) groups is 1. The summed E-state index contributed by atoms with van der Waals surface area (Å²) in [5, 5.41) is 10.3. The van der Waals surface area contributed by atoms with Gasteiger partial charge in [-0.2, -0.15) is 10.2 Å². The molecule has 10 nitrogen and oxygen atoms in total. The van der Waals surface area contributed by atoms with Gasteiger partial charge in [-0.05, 0) is 66.0 Å². The van der Waals surface area contributed by atoms with Gasteiger partial charge in [0.2, 0.25) is 5.88 Å². The van der Waals surface area contributed by atoms with E-state index < -0.39 is 11.7 Å². The molecule has 1 saturated heterocycles. The van der Waals surface area contributed by atoms with Crippen LogP contribution in [0.5, 0.6) is 5.88 Å². The Kier molecular flexibility index (Phi) is 7.59. The summed E-state index contributed by atoms with van der Waals surface area (Å²) in [6.45, 7) is 14.3. The fourth-order valence-electron chi connectivity index (χ4n) is 4.41. The standard InChI is InChI=1S/C27H38N6O4/c1-9-20-19-14-21(28-15-22(19)33(30-20)23-12-10-11-13-35-23)24-18(3)29-32(8)25(24)36-16-17(2)31(7)26(34)37-27(4,5)6/h9,14-15,17,23H,1,10-13,16H2,2-8H3/t17-,23?/m1/s1. The van der Waals surface area contributed by atoms with E-state index in [0.29, 0.717) is 5.88 Å². The van der Waals surface area contributed by atoms with Gasteiger partial charge in [-0.25, -0.2) is 14.2 Å². The van der Waals surface area contributed by atoms with Gasteiger partial charge >= 0.3 is 6.09 Å². The Morgan fingerprint density at radius 1 is 1.35 bits per heavy atom. The van der Waals surface area contributed by atoms with E-state index in [1.54, 1.807) is 17.8 Å². The largest absolute Gasteiger partial charge is 0.475 e. The van der Waals surface area contributed by atoms with Gasteiger partial charge in [0.25, 0.3) is 0 Å². The number of hydrogen-bond acceptors (Lipinski definition) is 7. The van der Waals surface area contributed by atoms with Gasteiger partial charge in [0.05, 0.1) is 40.4 Å². The van der Waals surface area contributed by atoms with E-state index in [2.05, 4.69) is 11.7 Å². The van der Waals surface area contributed by atoms with E-state index in [1.807, 2.05) is 58.6 Å². The average Bonchev–Trinajstić information content (AvgIpc) is 3.36. The number of rotatable bonds is 7. The van der Waals surface area contributed by atoms with Crippen molar-refractivity contribution in [2.24, 2.45) is 7.05 Å². The number of amides is 1. The molecular weight excluding hydrogens is 472 g/mol. The first kappa shape index (κ1) is 26.7. The van der Waals surface area contributed by atoms with Crippen LogP contribution < -0.4 is 4.74 Å². The first-order valence-corrected chi connectivity index (χ1v) is 12.7. The van der Waals surface area contributed by atoms with Crippen LogP contribution in [0.15, 0.2) is 18.8 Å². The van der Waals surface area contributed by atoms with Crippen LogP contribution in [0, 0.1) is 6.92 Å². The summed E-state index contributed by atoms with van der Waals surface area (Å²) in [6, 6.07) is 1.78. The van der Waals surface area contributed by atoms with Gasteiger partial charge in [-0.15, -0.1) is 0 Å².